The van der Waals surface area contributed by atoms with Crippen molar-refractivity contribution in [3.8, 4) is 0 Å². The summed E-state index contributed by atoms with van der Waals surface area (Å²) in [6, 6.07) is 4.36. The topological polar surface area (TPSA) is 78.4 Å². The molecule has 1 aromatic heterocycles. The Hall–Kier alpha value is -2.32. The van der Waals surface area contributed by atoms with Gasteiger partial charge in [0.05, 0.1) is 11.8 Å². The Morgan fingerprint density at radius 1 is 1.22 bits per heavy atom. The standard InChI is InChI=1S/C15H14F2N2O3S/c16-10-1-2-12(11(17)7-10)19-15(22)14(21)18-5-3-13(20)9-4-6-23-8-9/h1-2,4,6-8,13,20H,3,5H2,(H,18,21)(H,19,22). The number of carbonyl (C=O) groups is 2. The van der Waals surface area contributed by atoms with Crippen molar-refractivity contribution >= 4 is 28.8 Å². The smallest absolute Gasteiger partial charge is 0.313 e. The van der Waals surface area contributed by atoms with Crippen LogP contribution in [0.2, 0.25) is 0 Å². The molecule has 2 aromatic rings. The maximum atomic E-state index is 13.4. The van der Waals surface area contributed by atoms with Crippen LogP contribution in [0.1, 0.15) is 18.1 Å². The molecule has 3 N–H and O–H groups in total. The number of thiophene rings is 1. The Bertz CT molecular complexity index is 692. The number of aliphatic hydroxyl groups excluding tert-OH is 1. The van der Waals surface area contributed by atoms with Gasteiger partial charge in [0.25, 0.3) is 0 Å². The molecule has 2 rings (SSSR count). The monoisotopic (exact) mass is 340 g/mol. The fourth-order valence-electron chi connectivity index (χ4n) is 1.80. The Balaban J connectivity index is 1.80. The van der Waals surface area contributed by atoms with Crippen molar-refractivity contribution in [3.05, 3.63) is 52.2 Å². The number of anilines is 1. The molecule has 0 bridgehead atoms. The summed E-state index contributed by atoms with van der Waals surface area (Å²) in [5.41, 5.74) is 0.451. The third kappa shape index (κ3) is 4.83. The zero-order valence-corrected chi connectivity index (χ0v) is 12.7. The summed E-state index contributed by atoms with van der Waals surface area (Å²) in [7, 11) is 0. The molecule has 1 heterocycles. The second-order valence-corrected chi connectivity index (χ2v) is 5.48. The first kappa shape index (κ1) is 17.0. The maximum absolute atomic E-state index is 13.4. The number of carbonyl (C=O) groups excluding carboxylic acids is 2. The number of aliphatic hydroxyl groups is 1. The largest absolute Gasteiger partial charge is 0.388 e. The highest BCUT2D eigenvalue weighted by atomic mass is 32.1. The number of benzene rings is 1. The van der Waals surface area contributed by atoms with Gasteiger partial charge in [-0.15, -0.1) is 0 Å². The molecular formula is C15H14F2N2O3S. The predicted molar refractivity (Wildman–Crippen MR) is 81.9 cm³/mol. The zero-order valence-electron chi connectivity index (χ0n) is 11.9. The van der Waals surface area contributed by atoms with Gasteiger partial charge >= 0.3 is 11.8 Å². The first-order valence-electron chi connectivity index (χ1n) is 6.72. The summed E-state index contributed by atoms with van der Waals surface area (Å²) in [4.78, 5) is 23.2. The fourth-order valence-corrected chi connectivity index (χ4v) is 2.51. The first-order valence-corrected chi connectivity index (χ1v) is 7.66. The quantitative estimate of drug-likeness (QED) is 0.730. The summed E-state index contributed by atoms with van der Waals surface area (Å²) in [6.45, 7) is 0.0785. The Kier molecular flexibility index (Phi) is 5.78. The lowest BCUT2D eigenvalue weighted by molar-refractivity contribution is -0.136. The van der Waals surface area contributed by atoms with Crippen LogP contribution in [0.3, 0.4) is 0 Å². The summed E-state index contributed by atoms with van der Waals surface area (Å²) in [5, 5.41) is 17.8. The molecule has 0 radical (unpaired) electrons. The van der Waals surface area contributed by atoms with E-state index < -0.39 is 29.6 Å². The zero-order chi connectivity index (χ0) is 16.8. The summed E-state index contributed by atoms with van der Waals surface area (Å²) in [6.07, 6.45) is -0.500. The molecule has 122 valence electrons. The van der Waals surface area contributed by atoms with Gasteiger partial charge < -0.3 is 15.7 Å². The molecule has 1 atom stereocenters. The van der Waals surface area contributed by atoms with Gasteiger partial charge in [0.1, 0.15) is 11.6 Å². The maximum Gasteiger partial charge on any atom is 0.313 e. The number of nitrogens with one attached hydrogen (secondary N) is 2. The van der Waals surface area contributed by atoms with Crippen molar-refractivity contribution in [2.24, 2.45) is 0 Å². The molecule has 0 aliphatic rings. The van der Waals surface area contributed by atoms with E-state index in [0.717, 1.165) is 17.7 Å². The second kappa shape index (κ2) is 7.80. The highest BCUT2D eigenvalue weighted by molar-refractivity contribution is 7.07. The van der Waals surface area contributed by atoms with Gasteiger partial charge in [-0.2, -0.15) is 11.3 Å². The molecule has 1 aromatic carbocycles. The van der Waals surface area contributed by atoms with Gasteiger partial charge in [-0.1, -0.05) is 0 Å². The Morgan fingerprint density at radius 2 is 2.00 bits per heavy atom. The highest BCUT2D eigenvalue weighted by Gasteiger charge is 2.16. The molecule has 2 amide bonds. The van der Waals surface area contributed by atoms with Gasteiger partial charge in [0.2, 0.25) is 0 Å². The van der Waals surface area contributed by atoms with Crippen molar-refractivity contribution in [2.45, 2.75) is 12.5 Å². The van der Waals surface area contributed by atoms with Crippen LogP contribution in [0.5, 0.6) is 0 Å². The van der Waals surface area contributed by atoms with Crippen LogP contribution in [-0.2, 0) is 9.59 Å². The van der Waals surface area contributed by atoms with E-state index in [1.54, 1.807) is 11.4 Å². The van der Waals surface area contributed by atoms with Gasteiger partial charge in [-0.3, -0.25) is 9.59 Å². The third-order valence-corrected chi connectivity index (χ3v) is 3.72. The number of amides is 2. The SMILES string of the molecule is O=C(NCCC(O)c1ccsc1)C(=O)Nc1ccc(F)cc1F. The van der Waals surface area contributed by atoms with Gasteiger partial charge in [-0.25, -0.2) is 8.78 Å². The van der Waals surface area contributed by atoms with Crippen LogP contribution in [0.25, 0.3) is 0 Å². The van der Waals surface area contributed by atoms with Crippen molar-refractivity contribution in [3.63, 3.8) is 0 Å². The van der Waals surface area contributed by atoms with E-state index in [0.29, 0.717) is 6.07 Å². The minimum atomic E-state index is -1.07. The van der Waals surface area contributed by atoms with Crippen LogP contribution in [-0.4, -0.2) is 23.5 Å². The van der Waals surface area contributed by atoms with E-state index in [9.17, 15) is 23.5 Å². The van der Waals surface area contributed by atoms with Crippen LogP contribution < -0.4 is 10.6 Å². The molecule has 0 saturated carbocycles. The molecule has 0 spiro atoms. The molecule has 23 heavy (non-hydrogen) atoms. The van der Waals surface area contributed by atoms with Crippen LogP contribution in [0.15, 0.2) is 35.0 Å². The van der Waals surface area contributed by atoms with Gasteiger partial charge in [0, 0.05) is 12.6 Å². The minimum absolute atomic E-state index is 0.0785. The number of rotatable bonds is 5. The van der Waals surface area contributed by atoms with Gasteiger partial charge in [-0.05, 0) is 40.9 Å². The van der Waals surface area contributed by atoms with E-state index in [-0.39, 0.29) is 18.7 Å². The van der Waals surface area contributed by atoms with E-state index in [1.807, 2.05) is 10.7 Å². The molecule has 1 unspecified atom stereocenters. The fraction of sp³-hybridized carbons (Fsp3) is 0.200. The molecule has 0 aliphatic carbocycles. The summed E-state index contributed by atoms with van der Waals surface area (Å²) in [5.74, 6) is -3.79. The van der Waals surface area contributed by atoms with E-state index in [1.165, 1.54) is 11.3 Å². The minimum Gasteiger partial charge on any atom is -0.388 e. The number of hydrogen-bond donors (Lipinski definition) is 3. The molecule has 0 aliphatic heterocycles. The Morgan fingerprint density at radius 3 is 2.65 bits per heavy atom. The average molecular weight is 340 g/mol. The number of hydrogen-bond acceptors (Lipinski definition) is 4. The molecule has 5 nitrogen and oxygen atoms in total. The lowest BCUT2D eigenvalue weighted by Crippen LogP contribution is -2.36. The number of halogens is 2. The molecule has 8 heteroatoms. The highest BCUT2D eigenvalue weighted by Crippen LogP contribution is 2.18. The van der Waals surface area contributed by atoms with E-state index in [4.69, 9.17) is 0 Å². The first-order chi connectivity index (χ1) is 11.0. The van der Waals surface area contributed by atoms with Crippen molar-refractivity contribution in [1.82, 2.24) is 5.32 Å². The van der Waals surface area contributed by atoms with E-state index >= 15 is 0 Å². The lowest BCUT2D eigenvalue weighted by Gasteiger charge is -2.10. The summed E-state index contributed by atoms with van der Waals surface area (Å²) >= 11 is 1.44. The van der Waals surface area contributed by atoms with E-state index in [2.05, 4.69) is 5.32 Å². The molecule has 0 fully saturated rings. The normalized spacial score (nSPS) is 11.8. The van der Waals surface area contributed by atoms with Crippen molar-refractivity contribution in [1.29, 1.82) is 0 Å². The summed E-state index contributed by atoms with van der Waals surface area (Å²) < 4.78 is 26.1. The molecule has 0 saturated heterocycles. The predicted octanol–water partition coefficient (Wildman–Crippen LogP) is 2.20. The molecular weight excluding hydrogens is 326 g/mol. The van der Waals surface area contributed by atoms with Crippen LogP contribution >= 0.6 is 11.3 Å². The lowest BCUT2D eigenvalue weighted by atomic mass is 10.1. The van der Waals surface area contributed by atoms with Crippen LogP contribution in [0.4, 0.5) is 14.5 Å². The van der Waals surface area contributed by atoms with Crippen LogP contribution in [0, 0.1) is 11.6 Å². The average Bonchev–Trinajstić information content (AvgIpc) is 3.04. The van der Waals surface area contributed by atoms with Gasteiger partial charge in [0.15, 0.2) is 0 Å². The van der Waals surface area contributed by atoms with Crippen molar-refractivity contribution < 1.29 is 23.5 Å². The Labute approximate surface area is 135 Å². The third-order valence-electron chi connectivity index (χ3n) is 3.02. The second-order valence-electron chi connectivity index (χ2n) is 4.70. The van der Waals surface area contributed by atoms with Crippen molar-refractivity contribution in [2.75, 3.05) is 11.9 Å².